The van der Waals surface area contributed by atoms with Gasteiger partial charge in [-0.15, -0.1) is 0 Å². The van der Waals surface area contributed by atoms with Crippen LogP contribution in [0.3, 0.4) is 0 Å². The van der Waals surface area contributed by atoms with Gasteiger partial charge >= 0.3 is 12.1 Å². The molecule has 0 aliphatic heterocycles. The Labute approximate surface area is 205 Å². The van der Waals surface area contributed by atoms with E-state index in [1.165, 1.54) is 11.1 Å². The molecule has 3 aliphatic carbocycles. The molecule has 7 nitrogen and oxygen atoms in total. The van der Waals surface area contributed by atoms with Crippen molar-refractivity contribution in [2.24, 2.45) is 23.7 Å². The summed E-state index contributed by atoms with van der Waals surface area (Å²) >= 11 is 0. The highest BCUT2D eigenvalue weighted by Crippen LogP contribution is 2.49. The SMILES string of the molecule is CC(NC(=O)C1C2CCC(C2)C1NC(=O)OCC1c2ccccc2-c2ccccc21)C(C)C(=O)O. The predicted octanol–water partition coefficient (Wildman–Crippen LogP) is 4.17. The molecule has 0 heterocycles. The van der Waals surface area contributed by atoms with Crippen molar-refractivity contribution in [3.05, 3.63) is 59.7 Å². The second-order valence-corrected chi connectivity index (χ2v) is 10.3. The van der Waals surface area contributed by atoms with Crippen LogP contribution in [0.4, 0.5) is 4.79 Å². The fourth-order valence-electron chi connectivity index (χ4n) is 6.31. The molecule has 0 saturated heterocycles. The first-order valence-electron chi connectivity index (χ1n) is 12.5. The van der Waals surface area contributed by atoms with E-state index in [2.05, 4.69) is 34.9 Å². The minimum absolute atomic E-state index is 0.0226. The summed E-state index contributed by atoms with van der Waals surface area (Å²) in [5, 5.41) is 15.1. The van der Waals surface area contributed by atoms with Crippen LogP contribution in [0.15, 0.2) is 48.5 Å². The molecule has 2 bridgehead atoms. The first-order valence-corrected chi connectivity index (χ1v) is 12.5. The van der Waals surface area contributed by atoms with Gasteiger partial charge in [0, 0.05) is 18.0 Å². The van der Waals surface area contributed by atoms with Gasteiger partial charge in [-0.3, -0.25) is 9.59 Å². The first kappa shape index (κ1) is 23.4. The normalized spacial score (nSPS) is 25.9. The molecular formula is C28H32N2O5. The fourth-order valence-corrected chi connectivity index (χ4v) is 6.31. The summed E-state index contributed by atoms with van der Waals surface area (Å²) in [6.07, 6.45) is 2.32. The second-order valence-electron chi connectivity index (χ2n) is 10.3. The van der Waals surface area contributed by atoms with Crippen LogP contribution in [-0.4, -0.2) is 41.8 Å². The molecule has 0 aromatic heterocycles. The Balaban J connectivity index is 1.24. The van der Waals surface area contributed by atoms with E-state index in [-0.39, 0.29) is 42.2 Å². The van der Waals surface area contributed by atoms with Crippen molar-refractivity contribution in [3.63, 3.8) is 0 Å². The van der Waals surface area contributed by atoms with E-state index in [1.807, 2.05) is 24.3 Å². The molecule has 0 spiro atoms. The number of carbonyl (C=O) groups is 3. The van der Waals surface area contributed by atoms with Crippen molar-refractivity contribution in [1.82, 2.24) is 10.6 Å². The summed E-state index contributed by atoms with van der Waals surface area (Å²) in [5.74, 6) is -1.76. The molecule has 2 aromatic carbocycles. The average Bonchev–Trinajstić information content (AvgIpc) is 3.54. The van der Waals surface area contributed by atoms with Crippen molar-refractivity contribution in [2.45, 2.75) is 51.1 Å². The van der Waals surface area contributed by atoms with Gasteiger partial charge in [0.1, 0.15) is 6.61 Å². The van der Waals surface area contributed by atoms with Crippen LogP contribution < -0.4 is 10.6 Å². The summed E-state index contributed by atoms with van der Waals surface area (Å²) in [7, 11) is 0. The minimum Gasteiger partial charge on any atom is -0.481 e. The van der Waals surface area contributed by atoms with Crippen LogP contribution in [0, 0.1) is 23.7 Å². The molecule has 6 atom stereocenters. The molecule has 35 heavy (non-hydrogen) atoms. The van der Waals surface area contributed by atoms with E-state index >= 15 is 0 Å². The molecule has 184 valence electrons. The van der Waals surface area contributed by atoms with Gasteiger partial charge in [-0.1, -0.05) is 48.5 Å². The van der Waals surface area contributed by atoms with Crippen LogP contribution in [0.25, 0.3) is 11.1 Å². The Morgan fingerprint density at radius 1 is 0.971 bits per heavy atom. The largest absolute Gasteiger partial charge is 0.481 e. The van der Waals surface area contributed by atoms with Gasteiger partial charge < -0.3 is 20.5 Å². The maximum absolute atomic E-state index is 13.1. The lowest BCUT2D eigenvalue weighted by Crippen LogP contribution is -2.52. The molecule has 2 aromatic rings. The number of benzene rings is 2. The highest BCUT2D eigenvalue weighted by atomic mass is 16.5. The van der Waals surface area contributed by atoms with Crippen molar-refractivity contribution in [2.75, 3.05) is 6.61 Å². The summed E-state index contributed by atoms with van der Waals surface area (Å²) in [5.41, 5.74) is 4.65. The van der Waals surface area contributed by atoms with Gasteiger partial charge in [-0.2, -0.15) is 0 Å². The third kappa shape index (κ3) is 4.28. The number of carboxylic acids is 1. The molecule has 3 N–H and O–H groups in total. The number of nitrogens with one attached hydrogen (secondary N) is 2. The Morgan fingerprint density at radius 2 is 1.57 bits per heavy atom. The number of aliphatic carboxylic acids is 1. The van der Waals surface area contributed by atoms with Crippen molar-refractivity contribution in [1.29, 1.82) is 0 Å². The van der Waals surface area contributed by atoms with E-state index in [4.69, 9.17) is 4.74 Å². The average molecular weight is 477 g/mol. The fraction of sp³-hybridized carbons (Fsp3) is 0.464. The van der Waals surface area contributed by atoms with Crippen LogP contribution in [0.5, 0.6) is 0 Å². The van der Waals surface area contributed by atoms with Crippen molar-refractivity contribution >= 4 is 18.0 Å². The molecule has 3 aliphatic rings. The predicted molar refractivity (Wildman–Crippen MR) is 131 cm³/mol. The highest BCUT2D eigenvalue weighted by molar-refractivity contribution is 5.83. The Kier molecular flexibility index (Phi) is 6.26. The molecule has 7 heteroatoms. The number of hydrogen-bond acceptors (Lipinski definition) is 4. The minimum atomic E-state index is -0.945. The zero-order valence-electron chi connectivity index (χ0n) is 20.1. The number of carboxylic acid groups (broad SMARTS) is 1. The molecule has 2 saturated carbocycles. The lowest BCUT2D eigenvalue weighted by molar-refractivity contribution is -0.142. The monoisotopic (exact) mass is 476 g/mol. The van der Waals surface area contributed by atoms with Crippen molar-refractivity contribution in [3.8, 4) is 11.1 Å². The molecular weight excluding hydrogens is 444 g/mol. The third-order valence-corrected chi connectivity index (χ3v) is 8.36. The van der Waals surface area contributed by atoms with Gasteiger partial charge in [0.15, 0.2) is 0 Å². The maximum atomic E-state index is 13.1. The van der Waals surface area contributed by atoms with Crippen molar-refractivity contribution < 1.29 is 24.2 Å². The number of ether oxygens (including phenoxy) is 1. The summed E-state index contributed by atoms with van der Waals surface area (Å²) in [4.78, 5) is 37.3. The van der Waals surface area contributed by atoms with Gasteiger partial charge in [0.2, 0.25) is 5.91 Å². The number of alkyl carbamates (subject to hydrolysis) is 1. The molecule has 5 rings (SSSR count). The summed E-state index contributed by atoms with van der Waals surface area (Å²) < 4.78 is 5.73. The van der Waals surface area contributed by atoms with E-state index in [0.717, 1.165) is 30.4 Å². The first-order chi connectivity index (χ1) is 16.8. The quantitative estimate of drug-likeness (QED) is 0.557. The molecule has 2 amide bonds. The molecule has 2 fully saturated rings. The number of carbonyl (C=O) groups excluding carboxylic acids is 2. The smallest absolute Gasteiger partial charge is 0.407 e. The lowest BCUT2D eigenvalue weighted by Gasteiger charge is -2.32. The topological polar surface area (TPSA) is 105 Å². The lowest BCUT2D eigenvalue weighted by atomic mass is 9.83. The molecule has 0 radical (unpaired) electrons. The summed E-state index contributed by atoms with van der Waals surface area (Å²) in [6, 6.07) is 15.6. The zero-order chi connectivity index (χ0) is 24.7. The Morgan fingerprint density at radius 3 is 2.20 bits per heavy atom. The highest BCUT2D eigenvalue weighted by Gasteiger charge is 2.52. The summed E-state index contributed by atoms with van der Waals surface area (Å²) in [6.45, 7) is 3.52. The van der Waals surface area contributed by atoms with Crippen LogP contribution >= 0.6 is 0 Å². The third-order valence-electron chi connectivity index (χ3n) is 8.36. The Hall–Kier alpha value is -3.35. The van der Waals surface area contributed by atoms with E-state index in [9.17, 15) is 19.5 Å². The number of hydrogen-bond donors (Lipinski definition) is 3. The van der Waals surface area contributed by atoms with Crippen LogP contribution in [-0.2, 0) is 14.3 Å². The van der Waals surface area contributed by atoms with E-state index < -0.39 is 24.0 Å². The van der Waals surface area contributed by atoms with Crippen LogP contribution in [0.1, 0.15) is 50.2 Å². The van der Waals surface area contributed by atoms with E-state index in [1.54, 1.807) is 13.8 Å². The van der Waals surface area contributed by atoms with Crippen LogP contribution in [0.2, 0.25) is 0 Å². The number of fused-ring (bicyclic) bond motifs is 5. The van der Waals surface area contributed by atoms with Gasteiger partial charge in [-0.25, -0.2) is 4.79 Å². The maximum Gasteiger partial charge on any atom is 0.407 e. The van der Waals surface area contributed by atoms with Gasteiger partial charge in [-0.05, 0) is 67.2 Å². The standard InChI is InChI=1S/C28H32N2O5/c1-15(27(32)33)16(2)29-26(31)24-17-11-12-18(13-17)25(24)30-28(34)35-14-23-21-9-5-3-7-19(21)20-8-4-6-10-22(20)23/h3-10,15-18,23-25H,11-14H2,1-2H3,(H,29,31)(H,30,34)(H,32,33). The second kappa shape index (κ2) is 9.36. The zero-order valence-corrected chi connectivity index (χ0v) is 20.1. The van der Waals surface area contributed by atoms with Gasteiger partial charge in [0.05, 0.1) is 11.8 Å². The number of amides is 2. The van der Waals surface area contributed by atoms with E-state index in [0.29, 0.717) is 0 Å². The van der Waals surface area contributed by atoms with Gasteiger partial charge in [0.25, 0.3) is 0 Å². The molecule has 6 unspecified atom stereocenters. The Bertz CT molecular complexity index is 1100. The number of rotatable bonds is 7.